The molecule has 0 unspecified atom stereocenters. The second-order valence-electron chi connectivity index (χ2n) is 4.77. The van der Waals surface area contributed by atoms with E-state index in [0.717, 1.165) is 22.0 Å². The largest absolute Gasteiger partial charge is 0.487 e. The molecule has 0 aliphatic carbocycles. The van der Waals surface area contributed by atoms with Crippen LogP contribution in [0.5, 0.6) is 5.75 Å². The quantitative estimate of drug-likeness (QED) is 0.797. The number of ether oxygens (including phenoxy) is 1. The fourth-order valence-electron chi connectivity index (χ4n) is 2.22. The van der Waals surface area contributed by atoms with Gasteiger partial charge < -0.3 is 10.5 Å². The van der Waals surface area contributed by atoms with E-state index in [1.165, 1.54) is 12.1 Å². The van der Waals surface area contributed by atoms with Gasteiger partial charge in [-0.05, 0) is 35.4 Å². The van der Waals surface area contributed by atoms with Crippen LogP contribution in [0.1, 0.15) is 11.1 Å². The lowest BCUT2D eigenvalue weighted by Crippen LogP contribution is -2.05. The molecule has 4 heteroatoms. The Bertz CT molecular complexity index is 774. The fourth-order valence-corrected chi connectivity index (χ4v) is 2.22. The van der Waals surface area contributed by atoms with Crippen LogP contribution < -0.4 is 10.5 Å². The van der Waals surface area contributed by atoms with Gasteiger partial charge in [0.1, 0.15) is 18.2 Å². The molecule has 106 valence electrons. The Morgan fingerprint density at radius 3 is 2.76 bits per heavy atom. The van der Waals surface area contributed by atoms with Crippen molar-refractivity contribution in [1.29, 1.82) is 0 Å². The summed E-state index contributed by atoms with van der Waals surface area (Å²) in [5.41, 5.74) is 8.20. The summed E-state index contributed by atoms with van der Waals surface area (Å²) in [6.07, 6.45) is 1.67. The molecule has 0 fully saturated rings. The molecule has 3 rings (SSSR count). The molecule has 2 aromatic carbocycles. The SMILES string of the molecule is NCc1ccc(F)cc1COc1cnc2ccccc2c1. The van der Waals surface area contributed by atoms with E-state index < -0.39 is 0 Å². The molecule has 0 atom stereocenters. The Balaban J connectivity index is 1.81. The number of rotatable bonds is 4. The van der Waals surface area contributed by atoms with E-state index in [9.17, 15) is 4.39 Å². The number of nitrogens with two attached hydrogens (primary N) is 1. The van der Waals surface area contributed by atoms with Crippen molar-refractivity contribution in [2.45, 2.75) is 13.2 Å². The summed E-state index contributed by atoms with van der Waals surface area (Å²) in [5.74, 6) is 0.364. The van der Waals surface area contributed by atoms with E-state index in [1.54, 1.807) is 12.3 Å². The summed E-state index contributed by atoms with van der Waals surface area (Å²) in [6, 6.07) is 14.3. The van der Waals surface area contributed by atoms with E-state index in [0.29, 0.717) is 12.3 Å². The average Bonchev–Trinajstić information content (AvgIpc) is 2.53. The summed E-state index contributed by atoms with van der Waals surface area (Å²) >= 11 is 0. The summed E-state index contributed by atoms with van der Waals surface area (Å²) in [5, 5.41) is 1.01. The highest BCUT2D eigenvalue weighted by Gasteiger charge is 2.05. The molecule has 3 aromatic rings. The van der Waals surface area contributed by atoms with E-state index in [4.69, 9.17) is 10.5 Å². The van der Waals surface area contributed by atoms with Crippen LogP contribution in [0.3, 0.4) is 0 Å². The maximum atomic E-state index is 13.3. The second kappa shape index (κ2) is 5.89. The number of fused-ring (bicyclic) bond motifs is 1. The summed E-state index contributed by atoms with van der Waals surface area (Å²) in [4.78, 5) is 4.33. The lowest BCUT2D eigenvalue weighted by Gasteiger charge is -2.10. The van der Waals surface area contributed by atoms with Gasteiger partial charge in [-0.1, -0.05) is 24.3 Å². The van der Waals surface area contributed by atoms with Crippen molar-refractivity contribution >= 4 is 10.9 Å². The third kappa shape index (κ3) is 3.01. The third-order valence-electron chi connectivity index (χ3n) is 3.35. The van der Waals surface area contributed by atoms with Gasteiger partial charge in [0.15, 0.2) is 0 Å². The lowest BCUT2D eigenvalue weighted by molar-refractivity contribution is 0.303. The highest BCUT2D eigenvalue weighted by Crippen LogP contribution is 2.20. The van der Waals surface area contributed by atoms with Gasteiger partial charge in [0.2, 0.25) is 0 Å². The number of hydrogen-bond donors (Lipinski definition) is 1. The summed E-state index contributed by atoms with van der Waals surface area (Å²) < 4.78 is 19.0. The van der Waals surface area contributed by atoms with E-state index in [1.807, 2.05) is 30.3 Å². The fraction of sp³-hybridized carbons (Fsp3) is 0.118. The number of para-hydroxylation sites is 1. The Hall–Kier alpha value is -2.46. The van der Waals surface area contributed by atoms with Gasteiger partial charge >= 0.3 is 0 Å². The zero-order chi connectivity index (χ0) is 14.7. The topological polar surface area (TPSA) is 48.1 Å². The summed E-state index contributed by atoms with van der Waals surface area (Å²) in [6.45, 7) is 0.624. The first-order valence-corrected chi connectivity index (χ1v) is 6.71. The molecule has 0 radical (unpaired) electrons. The molecule has 0 saturated heterocycles. The van der Waals surface area contributed by atoms with E-state index >= 15 is 0 Å². The van der Waals surface area contributed by atoms with Gasteiger partial charge in [0, 0.05) is 11.9 Å². The van der Waals surface area contributed by atoms with Gasteiger partial charge in [-0.25, -0.2) is 4.39 Å². The van der Waals surface area contributed by atoms with Crippen LogP contribution >= 0.6 is 0 Å². The maximum Gasteiger partial charge on any atom is 0.138 e. The molecule has 0 saturated carbocycles. The van der Waals surface area contributed by atoms with Crippen LogP contribution in [-0.2, 0) is 13.2 Å². The Morgan fingerprint density at radius 2 is 1.90 bits per heavy atom. The predicted octanol–water partition coefficient (Wildman–Crippen LogP) is 3.41. The highest BCUT2D eigenvalue weighted by molar-refractivity contribution is 5.79. The zero-order valence-corrected chi connectivity index (χ0v) is 11.4. The first-order valence-electron chi connectivity index (χ1n) is 6.71. The highest BCUT2D eigenvalue weighted by atomic mass is 19.1. The van der Waals surface area contributed by atoms with Crippen molar-refractivity contribution < 1.29 is 9.13 Å². The number of halogens is 1. The lowest BCUT2D eigenvalue weighted by atomic mass is 10.1. The molecule has 0 aliphatic heterocycles. The Kier molecular flexibility index (Phi) is 3.79. The first kappa shape index (κ1) is 13.5. The van der Waals surface area contributed by atoms with Crippen molar-refractivity contribution in [3.05, 3.63) is 71.7 Å². The molecule has 0 spiro atoms. The number of hydrogen-bond acceptors (Lipinski definition) is 3. The average molecular weight is 282 g/mol. The minimum absolute atomic E-state index is 0.268. The van der Waals surface area contributed by atoms with Crippen LogP contribution in [0.2, 0.25) is 0 Å². The van der Waals surface area contributed by atoms with Gasteiger partial charge in [-0.15, -0.1) is 0 Å². The van der Waals surface area contributed by atoms with Crippen LogP contribution in [0, 0.1) is 5.82 Å². The van der Waals surface area contributed by atoms with Gasteiger partial charge in [0.25, 0.3) is 0 Å². The summed E-state index contributed by atoms with van der Waals surface area (Å²) in [7, 11) is 0. The molecular formula is C17H15FN2O. The number of benzene rings is 2. The number of nitrogens with zero attached hydrogens (tertiary/aromatic N) is 1. The van der Waals surface area contributed by atoms with Crippen molar-refractivity contribution in [3.8, 4) is 5.75 Å². The van der Waals surface area contributed by atoms with Crippen molar-refractivity contribution in [2.75, 3.05) is 0 Å². The maximum absolute atomic E-state index is 13.3. The van der Waals surface area contributed by atoms with Crippen molar-refractivity contribution in [1.82, 2.24) is 4.98 Å². The molecule has 2 N–H and O–H groups in total. The Labute approximate surface area is 122 Å². The van der Waals surface area contributed by atoms with Crippen LogP contribution in [-0.4, -0.2) is 4.98 Å². The minimum atomic E-state index is -0.289. The third-order valence-corrected chi connectivity index (χ3v) is 3.35. The van der Waals surface area contributed by atoms with Crippen molar-refractivity contribution in [2.24, 2.45) is 5.73 Å². The van der Waals surface area contributed by atoms with Crippen LogP contribution in [0.25, 0.3) is 10.9 Å². The van der Waals surface area contributed by atoms with Gasteiger partial charge in [0.05, 0.1) is 11.7 Å². The monoisotopic (exact) mass is 282 g/mol. The zero-order valence-electron chi connectivity index (χ0n) is 11.4. The normalized spacial score (nSPS) is 10.8. The number of aromatic nitrogens is 1. The van der Waals surface area contributed by atoms with Gasteiger partial charge in [-0.2, -0.15) is 0 Å². The molecule has 0 bridgehead atoms. The van der Waals surface area contributed by atoms with E-state index in [2.05, 4.69) is 4.98 Å². The molecule has 3 nitrogen and oxygen atoms in total. The molecule has 21 heavy (non-hydrogen) atoms. The molecule has 1 heterocycles. The Morgan fingerprint density at radius 1 is 1.05 bits per heavy atom. The van der Waals surface area contributed by atoms with E-state index in [-0.39, 0.29) is 12.4 Å². The first-order chi connectivity index (χ1) is 10.3. The smallest absolute Gasteiger partial charge is 0.138 e. The van der Waals surface area contributed by atoms with Crippen LogP contribution in [0.4, 0.5) is 4.39 Å². The van der Waals surface area contributed by atoms with Gasteiger partial charge in [-0.3, -0.25) is 4.98 Å². The minimum Gasteiger partial charge on any atom is -0.487 e. The molecular weight excluding hydrogens is 267 g/mol. The van der Waals surface area contributed by atoms with Crippen LogP contribution in [0.15, 0.2) is 54.7 Å². The predicted molar refractivity (Wildman–Crippen MR) is 80.4 cm³/mol. The molecule has 1 aromatic heterocycles. The number of pyridine rings is 1. The standard InChI is InChI=1S/C17H15FN2O/c18-15-6-5-13(9-19)14(7-15)11-21-16-8-12-3-1-2-4-17(12)20-10-16/h1-8,10H,9,11,19H2. The molecule has 0 aliphatic rings. The molecule has 0 amide bonds. The van der Waals surface area contributed by atoms with Crippen molar-refractivity contribution in [3.63, 3.8) is 0 Å². The second-order valence-corrected chi connectivity index (χ2v) is 4.77.